The van der Waals surface area contributed by atoms with Crippen LogP contribution in [0, 0.1) is 17.5 Å². The van der Waals surface area contributed by atoms with Crippen molar-refractivity contribution in [1.82, 2.24) is 0 Å². The first kappa shape index (κ1) is 20.9. The zero-order chi connectivity index (χ0) is 20.1. The number of aryl methyl sites for hydroxylation is 1. The topological polar surface area (TPSA) is 18.5 Å². The second-order valence-electron chi connectivity index (χ2n) is 7.22. The summed E-state index contributed by atoms with van der Waals surface area (Å²) in [5, 5.41) is 0. The third-order valence-electron chi connectivity index (χ3n) is 5.25. The van der Waals surface area contributed by atoms with E-state index in [1.807, 2.05) is 13.8 Å². The molecule has 3 rings (SSSR count). The molecule has 5 heteroatoms. The molecule has 2 aromatic rings. The Balaban J connectivity index is 1.79. The van der Waals surface area contributed by atoms with Gasteiger partial charge in [0.15, 0.2) is 11.6 Å². The normalized spacial score (nSPS) is 19.8. The minimum absolute atomic E-state index is 0.0530. The van der Waals surface area contributed by atoms with Crippen molar-refractivity contribution in [2.45, 2.75) is 58.2 Å². The molecule has 0 aliphatic carbocycles. The lowest BCUT2D eigenvalue weighted by Crippen LogP contribution is -2.27. The number of unbranched alkanes of at least 4 members (excludes halogenated alkanes) is 1. The van der Waals surface area contributed by atoms with E-state index < -0.39 is 17.5 Å². The van der Waals surface area contributed by atoms with E-state index in [0.29, 0.717) is 30.8 Å². The molecule has 0 spiro atoms. The summed E-state index contributed by atoms with van der Waals surface area (Å²) in [5.41, 5.74) is 1.05. The predicted molar refractivity (Wildman–Crippen MR) is 104 cm³/mol. The van der Waals surface area contributed by atoms with Crippen molar-refractivity contribution in [2.75, 3.05) is 13.2 Å². The molecule has 28 heavy (non-hydrogen) atoms. The summed E-state index contributed by atoms with van der Waals surface area (Å²) in [5.74, 6) is -2.45. The second kappa shape index (κ2) is 9.57. The van der Waals surface area contributed by atoms with Crippen molar-refractivity contribution < 1.29 is 22.6 Å². The molecule has 0 bridgehead atoms. The lowest BCUT2D eigenvalue weighted by atomic mass is 9.95. The molecule has 2 aromatic carbocycles. The highest BCUT2D eigenvalue weighted by Gasteiger charge is 2.24. The quantitative estimate of drug-likeness (QED) is 0.545. The van der Waals surface area contributed by atoms with Crippen LogP contribution in [0.4, 0.5) is 13.2 Å². The largest absolute Gasteiger partial charge is 0.376 e. The van der Waals surface area contributed by atoms with Crippen molar-refractivity contribution in [3.8, 4) is 11.1 Å². The fourth-order valence-electron chi connectivity index (χ4n) is 3.67. The summed E-state index contributed by atoms with van der Waals surface area (Å²) >= 11 is 0. The first-order valence-electron chi connectivity index (χ1n) is 10.0. The molecule has 1 aliphatic rings. The summed E-state index contributed by atoms with van der Waals surface area (Å²) in [6.45, 7) is 5.05. The van der Waals surface area contributed by atoms with Crippen molar-refractivity contribution in [3.05, 3.63) is 58.9 Å². The van der Waals surface area contributed by atoms with Crippen LogP contribution in [0.25, 0.3) is 11.1 Å². The molecule has 2 atom stereocenters. The number of ether oxygens (including phenoxy) is 2. The summed E-state index contributed by atoms with van der Waals surface area (Å²) in [4.78, 5) is 0. The molecule has 2 nitrogen and oxygen atoms in total. The SMILES string of the molecule is CCCCc1ccc(-c2ccc(C3CCC(OCC)CO3)cc2F)c(F)c1F. The summed E-state index contributed by atoms with van der Waals surface area (Å²) in [6, 6.07) is 7.61. The van der Waals surface area contributed by atoms with Crippen LogP contribution in [0.3, 0.4) is 0 Å². The highest BCUT2D eigenvalue weighted by molar-refractivity contribution is 5.66. The molecule has 0 amide bonds. The molecule has 0 aromatic heterocycles. The van der Waals surface area contributed by atoms with E-state index in [0.717, 1.165) is 25.7 Å². The van der Waals surface area contributed by atoms with Crippen molar-refractivity contribution in [2.24, 2.45) is 0 Å². The van der Waals surface area contributed by atoms with E-state index in [1.54, 1.807) is 12.1 Å². The first-order chi connectivity index (χ1) is 13.5. The Bertz CT molecular complexity index is 799. The minimum atomic E-state index is -0.992. The zero-order valence-electron chi connectivity index (χ0n) is 16.4. The molecule has 1 saturated heterocycles. The highest BCUT2D eigenvalue weighted by Crippen LogP contribution is 2.34. The summed E-state index contributed by atoms with van der Waals surface area (Å²) in [7, 11) is 0. The third kappa shape index (κ3) is 4.58. The molecule has 2 unspecified atom stereocenters. The fourth-order valence-corrected chi connectivity index (χ4v) is 3.67. The van der Waals surface area contributed by atoms with Gasteiger partial charge in [-0.15, -0.1) is 0 Å². The van der Waals surface area contributed by atoms with E-state index in [9.17, 15) is 13.2 Å². The van der Waals surface area contributed by atoms with Crippen LogP contribution >= 0.6 is 0 Å². The predicted octanol–water partition coefficient (Wildman–Crippen LogP) is 6.37. The second-order valence-corrected chi connectivity index (χ2v) is 7.22. The van der Waals surface area contributed by atoms with Crippen LogP contribution < -0.4 is 0 Å². The Labute approximate surface area is 164 Å². The van der Waals surface area contributed by atoms with Gasteiger partial charge >= 0.3 is 0 Å². The van der Waals surface area contributed by atoms with E-state index in [4.69, 9.17) is 9.47 Å². The van der Waals surface area contributed by atoms with Gasteiger partial charge in [0.2, 0.25) is 0 Å². The van der Waals surface area contributed by atoms with Crippen LogP contribution in [0.1, 0.15) is 56.8 Å². The number of hydrogen-bond acceptors (Lipinski definition) is 2. The van der Waals surface area contributed by atoms with Gasteiger partial charge in [-0.1, -0.05) is 37.6 Å². The number of rotatable bonds is 7. The third-order valence-corrected chi connectivity index (χ3v) is 5.25. The monoisotopic (exact) mass is 392 g/mol. The first-order valence-corrected chi connectivity index (χ1v) is 10.0. The van der Waals surface area contributed by atoms with Crippen LogP contribution in [-0.2, 0) is 15.9 Å². The standard InChI is InChI=1S/C23H27F3O2/c1-3-5-6-15-7-11-19(23(26)22(15)25)18-10-8-16(13-20(18)24)21-12-9-17(14-28-21)27-4-2/h7-8,10-11,13,17,21H,3-6,9,12,14H2,1-2H3. The van der Waals surface area contributed by atoms with Crippen molar-refractivity contribution >= 4 is 0 Å². The van der Waals surface area contributed by atoms with Gasteiger partial charge in [0.25, 0.3) is 0 Å². The van der Waals surface area contributed by atoms with E-state index >= 15 is 0 Å². The summed E-state index contributed by atoms with van der Waals surface area (Å²) < 4.78 is 55.0. The van der Waals surface area contributed by atoms with Gasteiger partial charge in [0, 0.05) is 17.7 Å². The average molecular weight is 392 g/mol. The molecule has 1 aliphatic heterocycles. The van der Waals surface area contributed by atoms with Gasteiger partial charge in [-0.2, -0.15) is 0 Å². The van der Waals surface area contributed by atoms with E-state index in [-0.39, 0.29) is 23.3 Å². The smallest absolute Gasteiger partial charge is 0.167 e. The average Bonchev–Trinajstić information content (AvgIpc) is 2.70. The van der Waals surface area contributed by atoms with Crippen LogP contribution in [-0.4, -0.2) is 19.3 Å². The summed E-state index contributed by atoms with van der Waals surface area (Å²) in [6.07, 6.45) is 3.60. The molecule has 1 fully saturated rings. The van der Waals surface area contributed by atoms with Crippen molar-refractivity contribution in [1.29, 1.82) is 0 Å². The molecule has 1 heterocycles. The fraction of sp³-hybridized carbons (Fsp3) is 0.478. The zero-order valence-corrected chi connectivity index (χ0v) is 16.4. The van der Waals surface area contributed by atoms with Crippen LogP contribution in [0.5, 0.6) is 0 Å². The number of benzene rings is 2. The molecular formula is C23H27F3O2. The van der Waals surface area contributed by atoms with Crippen molar-refractivity contribution in [3.63, 3.8) is 0 Å². The van der Waals surface area contributed by atoms with Crippen LogP contribution in [0.2, 0.25) is 0 Å². The maximum absolute atomic E-state index is 14.7. The highest BCUT2D eigenvalue weighted by atomic mass is 19.2. The van der Waals surface area contributed by atoms with Gasteiger partial charge in [-0.25, -0.2) is 13.2 Å². The number of halogens is 3. The van der Waals surface area contributed by atoms with Gasteiger partial charge in [0.05, 0.1) is 18.8 Å². The maximum Gasteiger partial charge on any atom is 0.167 e. The molecule has 0 N–H and O–H groups in total. The molecule has 0 saturated carbocycles. The van der Waals surface area contributed by atoms with Crippen LogP contribution in [0.15, 0.2) is 30.3 Å². The Hall–Kier alpha value is -1.85. The Kier molecular flexibility index (Phi) is 7.13. The van der Waals surface area contributed by atoms with Gasteiger partial charge in [-0.05, 0) is 49.8 Å². The van der Waals surface area contributed by atoms with Gasteiger partial charge in [0.1, 0.15) is 5.82 Å². The maximum atomic E-state index is 14.7. The van der Waals surface area contributed by atoms with E-state index in [2.05, 4.69) is 0 Å². The molecule has 0 radical (unpaired) electrons. The Morgan fingerprint density at radius 3 is 2.43 bits per heavy atom. The van der Waals surface area contributed by atoms with Gasteiger partial charge in [-0.3, -0.25) is 0 Å². The number of hydrogen-bond donors (Lipinski definition) is 0. The van der Waals surface area contributed by atoms with E-state index in [1.165, 1.54) is 18.2 Å². The Morgan fingerprint density at radius 1 is 1.00 bits per heavy atom. The lowest BCUT2D eigenvalue weighted by molar-refractivity contribution is -0.0840. The molecule has 152 valence electrons. The minimum Gasteiger partial charge on any atom is -0.376 e. The lowest BCUT2D eigenvalue weighted by Gasteiger charge is -2.29. The van der Waals surface area contributed by atoms with Gasteiger partial charge < -0.3 is 9.47 Å². The Morgan fingerprint density at radius 2 is 1.79 bits per heavy atom. The molecular weight excluding hydrogens is 365 g/mol.